The van der Waals surface area contributed by atoms with Gasteiger partial charge in [0.05, 0.1) is 5.69 Å². The van der Waals surface area contributed by atoms with E-state index >= 15 is 0 Å². The number of rotatable bonds is 3. The third-order valence-electron chi connectivity index (χ3n) is 4.13. The van der Waals surface area contributed by atoms with Crippen LogP contribution >= 0.6 is 11.3 Å². The highest BCUT2D eigenvalue weighted by molar-refractivity contribution is 7.09. The van der Waals surface area contributed by atoms with E-state index in [9.17, 15) is 4.79 Å². The van der Waals surface area contributed by atoms with Crippen LogP contribution in [0.4, 0.5) is 0 Å². The van der Waals surface area contributed by atoms with Crippen molar-refractivity contribution in [3.05, 3.63) is 32.7 Å². The molecule has 6 nitrogen and oxygen atoms in total. The molecule has 2 aromatic rings. The molecule has 0 spiro atoms. The number of ether oxygens (including phenoxy) is 2. The minimum absolute atomic E-state index is 0.0139. The predicted octanol–water partition coefficient (Wildman–Crippen LogP) is 1.28. The van der Waals surface area contributed by atoms with Crippen LogP contribution in [0.15, 0.2) is 23.0 Å². The molecule has 3 heterocycles. The number of thiazole rings is 1. The molecule has 0 aliphatic carbocycles. The zero-order valence-corrected chi connectivity index (χ0v) is 13.6. The van der Waals surface area contributed by atoms with E-state index in [0.29, 0.717) is 13.2 Å². The van der Waals surface area contributed by atoms with Crippen molar-refractivity contribution in [3.63, 3.8) is 0 Å². The average molecular weight is 333 g/mol. The number of hydrogen-bond acceptors (Lipinski definition) is 6. The highest BCUT2D eigenvalue weighted by atomic mass is 32.1. The van der Waals surface area contributed by atoms with Crippen molar-refractivity contribution in [2.45, 2.75) is 6.54 Å². The Labute approximate surface area is 138 Å². The second-order valence-electron chi connectivity index (χ2n) is 5.70. The Morgan fingerprint density at radius 2 is 1.91 bits per heavy atom. The Morgan fingerprint density at radius 1 is 1.13 bits per heavy atom. The summed E-state index contributed by atoms with van der Waals surface area (Å²) in [6.07, 6.45) is 0. The van der Waals surface area contributed by atoms with Crippen LogP contribution in [0.1, 0.15) is 4.88 Å². The second kappa shape index (κ2) is 6.35. The number of H-pyrrole nitrogens is 1. The molecular formula is C16H19N3O3S. The van der Waals surface area contributed by atoms with Gasteiger partial charge in [0.1, 0.15) is 13.2 Å². The van der Waals surface area contributed by atoms with E-state index in [1.165, 1.54) is 11.3 Å². The Hall–Kier alpha value is -1.83. The van der Waals surface area contributed by atoms with Crippen molar-refractivity contribution in [2.75, 3.05) is 39.4 Å². The summed E-state index contributed by atoms with van der Waals surface area (Å²) >= 11 is 1.29. The van der Waals surface area contributed by atoms with Crippen LogP contribution in [0.5, 0.6) is 11.5 Å². The summed E-state index contributed by atoms with van der Waals surface area (Å²) < 4.78 is 11.2. The molecular weight excluding hydrogens is 314 g/mol. The van der Waals surface area contributed by atoms with Crippen LogP contribution in [0, 0.1) is 0 Å². The Balaban J connectivity index is 1.64. The number of nitrogens with one attached hydrogen (secondary N) is 2. The van der Waals surface area contributed by atoms with Gasteiger partial charge in [-0.05, 0) is 18.2 Å². The Kier molecular flexibility index (Phi) is 4.07. The molecule has 1 saturated heterocycles. The number of benzene rings is 1. The molecule has 0 atom stereocenters. The van der Waals surface area contributed by atoms with Crippen LogP contribution in [-0.4, -0.2) is 49.3 Å². The fourth-order valence-corrected chi connectivity index (χ4v) is 3.87. The van der Waals surface area contributed by atoms with Crippen LogP contribution < -0.4 is 19.7 Å². The topological polar surface area (TPSA) is 66.6 Å². The first-order valence-corrected chi connectivity index (χ1v) is 8.66. The first-order valence-electron chi connectivity index (χ1n) is 7.85. The van der Waals surface area contributed by atoms with Crippen molar-refractivity contribution in [1.29, 1.82) is 0 Å². The SMILES string of the molecule is O=c1[nH]c(-c2ccc3c(c2)OCCO3)c(CN2CCNCC2)s1. The van der Waals surface area contributed by atoms with Crippen LogP contribution in [0.2, 0.25) is 0 Å². The lowest BCUT2D eigenvalue weighted by Crippen LogP contribution is -2.42. The summed E-state index contributed by atoms with van der Waals surface area (Å²) in [5.74, 6) is 1.51. The smallest absolute Gasteiger partial charge is 0.305 e. The molecule has 122 valence electrons. The Morgan fingerprint density at radius 3 is 2.74 bits per heavy atom. The molecule has 1 aromatic carbocycles. The zero-order valence-electron chi connectivity index (χ0n) is 12.8. The zero-order chi connectivity index (χ0) is 15.6. The number of aromatic nitrogens is 1. The van der Waals surface area contributed by atoms with Crippen LogP contribution in [0.25, 0.3) is 11.3 Å². The maximum Gasteiger partial charge on any atom is 0.305 e. The first-order chi connectivity index (χ1) is 11.3. The van der Waals surface area contributed by atoms with E-state index < -0.39 is 0 Å². The summed E-state index contributed by atoms with van der Waals surface area (Å²) in [5, 5.41) is 3.35. The van der Waals surface area contributed by atoms with Crippen molar-refractivity contribution < 1.29 is 9.47 Å². The van der Waals surface area contributed by atoms with Crippen molar-refractivity contribution in [1.82, 2.24) is 15.2 Å². The lowest BCUT2D eigenvalue weighted by molar-refractivity contribution is 0.171. The predicted molar refractivity (Wildman–Crippen MR) is 89.5 cm³/mol. The van der Waals surface area contributed by atoms with Gasteiger partial charge in [0.15, 0.2) is 11.5 Å². The molecule has 0 unspecified atom stereocenters. The normalized spacial score (nSPS) is 18.1. The lowest BCUT2D eigenvalue weighted by atomic mass is 10.1. The standard InChI is InChI=1S/C16H19N3O3S/c20-16-18-15(14(23-16)10-19-5-3-17-4-6-19)11-1-2-12-13(9-11)22-8-7-21-12/h1-2,9,17H,3-8,10H2,(H,18,20). The number of piperazine rings is 1. The summed E-state index contributed by atoms with van der Waals surface area (Å²) in [7, 11) is 0. The molecule has 2 N–H and O–H groups in total. The second-order valence-corrected chi connectivity index (χ2v) is 6.76. The van der Waals surface area contributed by atoms with E-state index in [2.05, 4.69) is 15.2 Å². The maximum atomic E-state index is 11.9. The van der Waals surface area contributed by atoms with Crippen LogP contribution in [0.3, 0.4) is 0 Å². The highest BCUT2D eigenvalue weighted by Crippen LogP contribution is 2.35. The van der Waals surface area contributed by atoms with Gasteiger partial charge in [-0.25, -0.2) is 0 Å². The average Bonchev–Trinajstić information content (AvgIpc) is 2.96. The van der Waals surface area contributed by atoms with Gasteiger partial charge < -0.3 is 19.8 Å². The van der Waals surface area contributed by atoms with Gasteiger partial charge in [0.25, 0.3) is 0 Å². The maximum absolute atomic E-state index is 11.9. The molecule has 2 aliphatic rings. The molecule has 0 amide bonds. The third-order valence-corrected chi connectivity index (χ3v) is 5.00. The largest absolute Gasteiger partial charge is 0.486 e. The Bertz CT molecular complexity index is 749. The number of aromatic amines is 1. The lowest BCUT2D eigenvalue weighted by Gasteiger charge is -2.26. The highest BCUT2D eigenvalue weighted by Gasteiger charge is 2.18. The van der Waals surface area contributed by atoms with Crippen molar-refractivity contribution in [3.8, 4) is 22.8 Å². The molecule has 7 heteroatoms. The van der Waals surface area contributed by atoms with E-state index in [0.717, 1.165) is 60.4 Å². The molecule has 23 heavy (non-hydrogen) atoms. The quantitative estimate of drug-likeness (QED) is 0.886. The number of nitrogens with zero attached hydrogens (tertiary/aromatic N) is 1. The van der Waals surface area contributed by atoms with Crippen molar-refractivity contribution >= 4 is 11.3 Å². The molecule has 4 rings (SSSR count). The molecule has 0 bridgehead atoms. The van der Waals surface area contributed by atoms with Gasteiger partial charge in [-0.1, -0.05) is 11.3 Å². The minimum atomic E-state index is -0.0139. The summed E-state index contributed by atoms with van der Waals surface area (Å²) in [4.78, 5) is 18.3. The van der Waals surface area contributed by atoms with Gasteiger partial charge in [-0.2, -0.15) is 0 Å². The molecule has 0 radical (unpaired) electrons. The molecule has 1 aromatic heterocycles. The number of fused-ring (bicyclic) bond motifs is 1. The minimum Gasteiger partial charge on any atom is -0.486 e. The van der Waals surface area contributed by atoms with E-state index in [4.69, 9.17) is 9.47 Å². The molecule has 0 saturated carbocycles. The van der Waals surface area contributed by atoms with E-state index in [-0.39, 0.29) is 4.87 Å². The molecule has 1 fully saturated rings. The monoisotopic (exact) mass is 333 g/mol. The summed E-state index contributed by atoms with van der Waals surface area (Å²) in [6, 6.07) is 5.84. The summed E-state index contributed by atoms with van der Waals surface area (Å²) in [5.41, 5.74) is 1.87. The van der Waals surface area contributed by atoms with Gasteiger partial charge >= 0.3 is 4.87 Å². The third kappa shape index (κ3) is 3.12. The van der Waals surface area contributed by atoms with Crippen molar-refractivity contribution in [2.24, 2.45) is 0 Å². The van der Waals surface area contributed by atoms with Gasteiger partial charge in [0.2, 0.25) is 0 Å². The first kappa shape index (κ1) is 14.7. The van der Waals surface area contributed by atoms with E-state index in [1.54, 1.807) is 0 Å². The summed E-state index contributed by atoms with van der Waals surface area (Å²) in [6.45, 7) is 5.95. The van der Waals surface area contributed by atoms with Gasteiger partial charge in [0, 0.05) is 43.2 Å². The number of hydrogen-bond donors (Lipinski definition) is 2. The fraction of sp³-hybridized carbons (Fsp3) is 0.438. The molecule has 2 aliphatic heterocycles. The van der Waals surface area contributed by atoms with Gasteiger partial charge in [-0.3, -0.25) is 9.69 Å². The fourth-order valence-electron chi connectivity index (χ4n) is 2.98. The van der Waals surface area contributed by atoms with Crippen LogP contribution in [-0.2, 0) is 6.54 Å². The van der Waals surface area contributed by atoms with Gasteiger partial charge in [-0.15, -0.1) is 0 Å². The van der Waals surface area contributed by atoms with E-state index in [1.807, 2.05) is 18.2 Å².